The van der Waals surface area contributed by atoms with E-state index in [1.165, 1.54) is 0 Å². The monoisotopic (exact) mass is 209 g/mol. The summed E-state index contributed by atoms with van der Waals surface area (Å²) in [7, 11) is 0. The van der Waals surface area contributed by atoms with Gasteiger partial charge < -0.3 is 10.1 Å². The van der Waals surface area contributed by atoms with Crippen molar-refractivity contribution >= 4 is 22.5 Å². The zero-order valence-corrected chi connectivity index (χ0v) is 8.01. The number of aromatic nitrogens is 1. The van der Waals surface area contributed by atoms with Crippen molar-refractivity contribution in [1.82, 2.24) is 4.98 Å². The molecule has 14 heavy (non-hydrogen) atoms. The van der Waals surface area contributed by atoms with E-state index in [0.29, 0.717) is 10.6 Å². The highest BCUT2D eigenvalue weighted by Gasteiger charge is 2.01. The van der Waals surface area contributed by atoms with Crippen LogP contribution in [0.3, 0.4) is 0 Å². The molecule has 4 heteroatoms. The molecule has 3 nitrogen and oxygen atoms in total. The molecule has 0 bridgehead atoms. The minimum absolute atomic E-state index is 0.262. The SMILES string of the molecule is O=c1[nH]c2ccc(Cl)cc2cc1CO. The third-order valence-electron chi connectivity index (χ3n) is 2.05. The Morgan fingerprint density at radius 1 is 1.36 bits per heavy atom. The Hall–Kier alpha value is -1.32. The van der Waals surface area contributed by atoms with Gasteiger partial charge >= 0.3 is 0 Å². The number of nitrogens with one attached hydrogen (secondary N) is 1. The van der Waals surface area contributed by atoms with Gasteiger partial charge in [-0.1, -0.05) is 11.6 Å². The van der Waals surface area contributed by atoms with Gasteiger partial charge in [0.25, 0.3) is 5.56 Å². The van der Waals surface area contributed by atoms with Gasteiger partial charge in [0.1, 0.15) is 0 Å². The number of hydrogen-bond donors (Lipinski definition) is 2. The summed E-state index contributed by atoms with van der Waals surface area (Å²) in [6.45, 7) is -0.266. The minimum atomic E-state index is -0.266. The Balaban J connectivity index is 2.80. The average Bonchev–Trinajstić information content (AvgIpc) is 2.17. The molecule has 2 N–H and O–H groups in total. The van der Waals surface area contributed by atoms with Crippen molar-refractivity contribution in [2.45, 2.75) is 6.61 Å². The first kappa shape index (κ1) is 9.24. The summed E-state index contributed by atoms with van der Waals surface area (Å²) in [6, 6.07) is 6.82. The third-order valence-corrected chi connectivity index (χ3v) is 2.29. The number of H-pyrrole nitrogens is 1. The van der Waals surface area contributed by atoms with Crippen molar-refractivity contribution in [3.63, 3.8) is 0 Å². The Kier molecular flexibility index (Phi) is 2.27. The number of fused-ring (bicyclic) bond motifs is 1. The maximum Gasteiger partial charge on any atom is 0.253 e. The largest absolute Gasteiger partial charge is 0.391 e. The fraction of sp³-hybridized carbons (Fsp3) is 0.100. The summed E-state index contributed by atoms with van der Waals surface area (Å²) in [5, 5.41) is 10.3. The molecule has 0 aliphatic rings. The Morgan fingerprint density at radius 2 is 2.14 bits per heavy atom. The Morgan fingerprint density at radius 3 is 2.86 bits per heavy atom. The smallest absolute Gasteiger partial charge is 0.253 e. The first-order valence-electron chi connectivity index (χ1n) is 4.13. The summed E-state index contributed by atoms with van der Waals surface area (Å²) in [5.41, 5.74) is 0.804. The van der Waals surface area contributed by atoms with E-state index < -0.39 is 0 Å². The van der Waals surface area contributed by atoms with Crippen molar-refractivity contribution in [3.05, 3.63) is 45.2 Å². The highest BCUT2D eigenvalue weighted by molar-refractivity contribution is 6.31. The van der Waals surface area contributed by atoms with Crippen LogP contribution >= 0.6 is 11.6 Å². The molecule has 0 aliphatic carbocycles. The lowest BCUT2D eigenvalue weighted by Gasteiger charge is -2.00. The number of benzene rings is 1. The normalized spacial score (nSPS) is 10.7. The topological polar surface area (TPSA) is 53.1 Å². The molecular formula is C10H8ClNO2. The molecule has 0 radical (unpaired) electrons. The maximum absolute atomic E-state index is 11.3. The third kappa shape index (κ3) is 1.52. The second-order valence-corrected chi connectivity index (χ2v) is 3.45. The molecule has 2 rings (SSSR count). The van der Waals surface area contributed by atoms with Crippen LogP contribution in [0.1, 0.15) is 5.56 Å². The number of rotatable bonds is 1. The molecule has 0 atom stereocenters. The van der Waals surface area contributed by atoms with E-state index in [-0.39, 0.29) is 12.2 Å². The van der Waals surface area contributed by atoms with Gasteiger partial charge in [-0.2, -0.15) is 0 Å². The van der Waals surface area contributed by atoms with Crippen LogP contribution in [-0.2, 0) is 6.61 Å². The van der Waals surface area contributed by atoms with Crippen molar-refractivity contribution in [3.8, 4) is 0 Å². The number of hydrogen-bond acceptors (Lipinski definition) is 2. The number of halogens is 1. The molecule has 0 fully saturated rings. The van der Waals surface area contributed by atoms with E-state index in [1.54, 1.807) is 24.3 Å². The van der Waals surface area contributed by atoms with Crippen LogP contribution in [0.15, 0.2) is 29.1 Å². The lowest BCUT2D eigenvalue weighted by molar-refractivity contribution is 0.280. The van der Waals surface area contributed by atoms with E-state index >= 15 is 0 Å². The second-order valence-electron chi connectivity index (χ2n) is 3.01. The first-order chi connectivity index (χ1) is 6.70. The second kappa shape index (κ2) is 3.44. The summed E-state index contributed by atoms with van der Waals surface area (Å²) >= 11 is 5.80. The van der Waals surface area contributed by atoms with Crippen LogP contribution in [0.5, 0.6) is 0 Å². The summed E-state index contributed by atoms with van der Waals surface area (Å²) in [4.78, 5) is 14.0. The van der Waals surface area contributed by atoms with Crippen LogP contribution in [0, 0.1) is 0 Å². The van der Waals surface area contributed by atoms with Gasteiger partial charge in [0.2, 0.25) is 0 Å². The van der Waals surface area contributed by atoms with Crippen molar-refractivity contribution < 1.29 is 5.11 Å². The zero-order valence-electron chi connectivity index (χ0n) is 7.25. The van der Waals surface area contributed by atoms with E-state index in [0.717, 1.165) is 10.9 Å². The number of aliphatic hydroxyl groups is 1. The molecule has 0 amide bonds. The van der Waals surface area contributed by atoms with Gasteiger partial charge in [-0.3, -0.25) is 4.79 Å². The van der Waals surface area contributed by atoms with Crippen LogP contribution in [0.25, 0.3) is 10.9 Å². The van der Waals surface area contributed by atoms with E-state index in [2.05, 4.69) is 4.98 Å². The van der Waals surface area contributed by atoms with Gasteiger partial charge in [0.05, 0.1) is 6.61 Å². The molecule has 72 valence electrons. The Bertz CT molecular complexity index is 533. The summed E-state index contributed by atoms with van der Waals surface area (Å²) in [6.07, 6.45) is 0. The lowest BCUT2D eigenvalue weighted by Crippen LogP contribution is -2.11. The average molecular weight is 210 g/mol. The van der Waals surface area contributed by atoms with Crippen molar-refractivity contribution in [1.29, 1.82) is 0 Å². The highest BCUT2D eigenvalue weighted by atomic mass is 35.5. The van der Waals surface area contributed by atoms with Gasteiger partial charge in [-0.15, -0.1) is 0 Å². The molecule has 0 saturated heterocycles. The number of pyridine rings is 1. The van der Waals surface area contributed by atoms with Gasteiger partial charge in [-0.05, 0) is 24.3 Å². The van der Waals surface area contributed by atoms with Gasteiger partial charge in [0.15, 0.2) is 0 Å². The standard InChI is InChI=1S/C10H8ClNO2/c11-8-1-2-9-6(4-8)3-7(5-13)10(14)12-9/h1-4,13H,5H2,(H,12,14). The van der Waals surface area contributed by atoms with Crippen molar-refractivity contribution in [2.75, 3.05) is 0 Å². The number of aromatic amines is 1. The predicted molar refractivity (Wildman–Crippen MR) is 55.5 cm³/mol. The molecule has 0 aliphatic heterocycles. The van der Waals surface area contributed by atoms with Crippen molar-refractivity contribution in [2.24, 2.45) is 0 Å². The quantitative estimate of drug-likeness (QED) is 0.751. The molecule has 1 aromatic heterocycles. The van der Waals surface area contributed by atoms with Gasteiger partial charge in [-0.25, -0.2) is 0 Å². The van der Waals surface area contributed by atoms with Gasteiger partial charge in [0, 0.05) is 21.5 Å². The molecule has 0 saturated carbocycles. The maximum atomic E-state index is 11.3. The van der Waals surface area contributed by atoms with Crippen LogP contribution in [-0.4, -0.2) is 10.1 Å². The van der Waals surface area contributed by atoms with E-state index in [4.69, 9.17) is 16.7 Å². The molecule has 1 aromatic carbocycles. The zero-order chi connectivity index (χ0) is 10.1. The molecule has 0 spiro atoms. The number of aliphatic hydroxyl groups excluding tert-OH is 1. The fourth-order valence-electron chi connectivity index (χ4n) is 1.34. The highest BCUT2D eigenvalue weighted by Crippen LogP contribution is 2.16. The lowest BCUT2D eigenvalue weighted by atomic mass is 10.1. The van der Waals surface area contributed by atoms with E-state index in [1.807, 2.05) is 0 Å². The van der Waals surface area contributed by atoms with Crippen LogP contribution < -0.4 is 5.56 Å². The molecule has 2 aromatic rings. The van der Waals surface area contributed by atoms with E-state index in [9.17, 15) is 4.79 Å². The summed E-state index contributed by atoms with van der Waals surface area (Å²) in [5.74, 6) is 0. The summed E-state index contributed by atoms with van der Waals surface area (Å²) < 4.78 is 0. The fourth-order valence-corrected chi connectivity index (χ4v) is 1.52. The van der Waals surface area contributed by atoms with Crippen LogP contribution in [0.4, 0.5) is 0 Å². The van der Waals surface area contributed by atoms with Crippen LogP contribution in [0.2, 0.25) is 5.02 Å². The molecular weight excluding hydrogens is 202 g/mol. The molecule has 1 heterocycles. The molecule has 0 unspecified atom stereocenters. The Labute approximate surface area is 85.0 Å². The minimum Gasteiger partial charge on any atom is -0.391 e. The first-order valence-corrected chi connectivity index (χ1v) is 4.51. The predicted octanol–water partition coefficient (Wildman–Crippen LogP) is 1.67.